The zero-order valence-corrected chi connectivity index (χ0v) is 10.6. The van der Waals surface area contributed by atoms with Gasteiger partial charge in [0.25, 0.3) is 0 Å². The number of nitrogens with one attached hydrogen (secondary N) is 1. The molecule has 0 atom stereocenters. The van der Waals surface area contributed by atoms with Crippen LogP contribution in [0.5, 0.6) is 0 Å². The van der Waals surface area contributed by atoms with E-state index in [1.165, 1.54) is 6.42 Å². The summed E-state index contributed by atoms with van der Waals surface area (Å²) < 4.78 is 5.59. The Morgan fingerprint density at radius 3 is 3.00 bits per heavy atom. The van der Waals surface area contributed by atoms with Crippen molar-refractivity contribution in [3.8, 4) is 10.7 Å². The number of aromatic nitrogens is 3. The smallest absolute Gasteiger partial charge is 0.191 e. The molecule has 0 aliphatic heterocycles. The van der Waals surface area contributed by atoms with Gasteiger partial charge >= 0.3 is 0 Å². The van der Waals surface area contributed by atoms with Crippen LogP contribution in [0.2, 0.25) is 0 Å². The number of rotatable bonds is 4. The maximum Gasteiger partial charge on any atom is 0.191 e. The van der Waals surface area contributed by atoms with Crippen molar-refractivity contribution < 1.29 is 4.74 Å². The molecule has 0 aromatic carbocycles. The van der Waals surface area contributed by atoms with Crippen LogP contribution < -0.4 is 0 Å². The van der Waals surface area contributed by atoms with Crippen molar-refractivity contribution in [2.45, 2.75) is 31.3 Å². The van der Waals surface area contributed by atoms with Crippen LogP contribution >= 0.6 is 11.3 Å². The molecule has 0 radical (unpaired) electrons. The van der Waals surface area contributed by atoms with Crippen molar-refractivity contribution in [1.29, 1.82) is 0 Å². The zero-order valence-electron chi connectivity index (χ0n) is 9.77. The first-order valence-electron chi connectivity index (χ1n) is 5.82. The van der Waals surface area contributed by atoms with Gasteiger partial charge in [0.05, 0.1) is 10.5 Å². The SMILES string of the molecule is COC1(Cc2nc(-c3cccs3)n[nH]2)CCC1. The van der Waals surface area contributed by atoms with Crippen molar-refractivity contribution in [3.63, 3.8) is 0 Å². The van der Waals surface area contributed by atoms with Crippen molar-refractivity contribution in [2.24, 2.45) is 0 Å². The lowest BCUT2D eigenvalue weighted by Crippen LogP contribution is -2.41. The zero-order chi connectivity index (χ0) is 11.7. The number of thiophene rings is 1. The Hall–Kier alpha value is -1.20. The molecule has 1 N–H and O–H groups in total. The minimum Gasteiger partial charge on any atom is -0.378 e. The van der Waals surface area contributed by atoms with E-state index in [0.717, 1.165) is 35.8 Å². The summed E-state index contributed by atoms with van der Waals surface area (Å²) in [6.45, 7) is 0. The summed E-state index contributed by atoms with van der Waals surface area (Å²) in [6, 6.07) is 4.05. The molecule has 1 aliphatic rings. The maximum absolute atomic E-state index is 5.59. The van der Waals surface area contributed by atoms with E-state index >= 15 is 0 Å². The first-order chi connectivity index (χ1) is 8.31. The average molecular weight is 249 g/mol. The normalized spacial score (nSPS) is 17.9. The first-order valence-corrected chi connectivity index (χ1v) is 6.70. The monoisotopic (exact) mass is 249 g/mol. The summed E-state index contributed by atoms with van der Waals surface area (Å²) in [6.07, 6.45) is 4.33. The average Bonchev–Trinajstić information content (AvgIpc) is 2.94. The molecular formula is C12H15N3OS. The molecule has 90 valence electrons. The van der Waals surface area contributed by atoms with Crippen LogP contribution in [-0.2, 0) is 11.2 Å². The molecule has 1 aliphatic carbocycles. The van der Waals surface area contributed by atoms with E-state index in [1.807, 2.05) is 17.5 Å². The van der Waals surface area contributed by atoms with E-state index in [1.54, 1.807) is 18.4 Å². The molecule has 0 unspecified atom stereocenters. The predicted molar refractivity (Wildman–Crippen MR) is 67.0 cm³/mol. The number of H-pyrrole nitrogens is 1. The van der Waals surface area contributed by atoms with Gasteiger partial charge < -0.3 is 4.74 Å². The number of hydrogen-bond acceptors (Lipinski definition) is 4. The Morgan fingerprint density at radius 1 is 1.53 bits per heavy atom. The van der Waals surface area contributed by atoms with Crippen LogP contribution in [0.4, 0.5) is 0 Å². The molecule has 0 bridgehead atoms. The van der Waals surface area contributed by atoms with Gasteiger partial charge in [0, 0.05) is 13.5 Å². The van der Waals surface area contributed by atoms with E-state index in [0.29, 0.717) is 0 Å². The highest BCUT2D eigenvalue weighted by molar-refractivity contribution is 7.13. The summed E-state index contributed by atoms with van der Waals surface area (Å²) in [4.78, 5) is 5.64. The van der Waals surface area contributed by atoms with Gasteiger partial charge in [-0.2, -0.15) is 5.10 Å². The van der Waals surface area contributed by atoms with E-state index in [-0.39, 0.29) is 5.60 Å². The summed E-state index contributed by atoms with van der Waals surface area (Å²) in [7, 11) is 1.79. The second kappa shape index (κ2) is 4.23. The van der Waals surface area contributed by atoms with E-state index < -0.39 is 0 Å². The van der Waals surface area contributed by atoms with Gasteiger partial charge in [-0.1, -0.05) is 6.07 Å². The van der Waals surface area contributed by atoms with E-state index in [2.05, 4.69) is 15.2 Å². The quantitative estimate of drug-likeness (QED) is 0.906. The van der Waals surface area contributed by atoms with Crippen LogP contribution in [0.1, 0.15) is 25.1 Å². The molecule has 1 fully saturated rings. The van der Waals surface area contributed by atoms with Crippen LogP contribution in [0, 0.1) is 0 Å². The van der Waals surface area contributed by atoms with Gasteiger partial charge in [0.15, 0.2) is 5.82 Å². The van der Waals surface area contributed by atoms with Crippen LogP contribution in [0.3, 0.4) is 0 Å². The summed E-state index contributed by atoms with van der Waals surface area (Å²) >= 11 is 1.66. The van der Waals surface area contributed by atoms with Crippen molar-refractivity contribution in [1.82, 2.24) is 15.2 Å². The molecule has 3 rings (SSSR count). The number of aromatic amines is 1. The number of ether oxygens (including phenoxy) is 1. The minimum absolute atomic E-state index is 0.00620. The molecule has 2 aromatic rings. The van der Waals surface area contributed by atoms with Crippen LogP contribution in [0.15, 0.2) is 17.5 Å². The standard InChI is InChI=1S/C12H15N3OS/c1-16-12(5-3-6-12)8-10-13-11(15-14-10)9-4-2-7-17-9/h2,4,7H,3,5-6,8H2,1H3,(H,13,14,15). The Labute approximate surface area is 104 Å². The number of nitrogens with zero attached hydrogens (tertiary/aromatic N) is 2. The summed E-state index contributed by atoms with van der Waals surface area (Å²) in [5, 5.41) is 9.31. The predicted octanol–water partition coefficient (Wildman–Crippen LogP) is 2.64. The third-order valence-electron chi connectivity index (χ3n) is 3.46. The maximum atomic E-state index is 5.59. The molecule has 1 saturated carbocycles. The molecular weight excluding hydrogens is 234 g/mol. The van der Waals surface area contributed by atoms with Gasteiger partial charge in [-0.25, -0.2) is 4.98 Å². The van der Waals surface area contributed by atoms with Crippen molar-refractivity contribution >= 4 is 11.3 Å². The molecule has 5 heteroatoms. The third-order valence-corrected chi connectivity index (χ3v) is 4.33. The molecule has 0 saturated heterocycles. The van der Waals surface area contributed by atoms with Gasteiger partial charge in [-0.05, 0) is 30.7 Å². The highest BCUT2D eigenvalue weighted by atomic mass is 32.1. The van der Waals surface area contributed by atoms with E-state index in [4.69, 9.17) is 4.74 Å². The summed E-state index contributed by atoms with van der Waals surface area (Å²) in [5.74, 6) is 1.72. The van der Waals surface area contributed by atoms with E-state index in [9.17, 15) is 0 Å². The number of hydrogen-bond donors (Lipinski definition) is 1. The lowest BCUT2D eigenvalue weighted by molar-refractivity contribution is -0.0720. The van der Waals surface area contributed by atoms with Gasteiger partial charge in [0.1, 0.15) is 5.82 Å². The van der Waals surface area contributed by atoms with Crippen LogP contribution in [0.25, 0.3) is 10.7 Å². The molecule has 4 nitrogen and oxygen atoms in total. The van der Waals surface area contributed by atoms with Gasteiger partial charge in [-0.15, -0.1) is 11.3 Å². The van der Waals surface area contributed by atoms with Gasteiger partial charge in [-0.3, -0.25) is 5.10 Å². The minimum atomic E-state index is 0.00620. The van der Waals surface area contributed by atoms with Crippen molar-refractivity contribution in [3.05, 3.63) is 23.3 Å². The topological polar surface area (TPSA) is 50.8 Å². The third kappa shape index (κ3) is 2.00. The second-order valence-electron chi connectivity index (χ2n) is 4.50. The Kier molecular flexibility index (Phi) is 2.72. The Bertz CT molecular complexity index is 482. The van der Waals surface area contributed by atoms with Crippen molar-refractivity contribution in [2.75, 3.05) is 7.11 Å². The molecule has 0 amide bonds. The molecule has 2 heterocycles. The highest BCUT2D eigenvalue weighted by Gasteiger charge is 2.38. The molecule has 2 aromatic heterocycles. The summed E-state index contributed by atoms with van der Waals surface area (Å²) in [5.41, 5.74) is 0.00620. The lowest BCUT2D eigenvalue weighted by atomic mass is 9.77. The first kappa shape index (κ1) is 10.9. The highest BCUT2D eigenvalue weighted by Crippen LogP contribution is 2.37. The lowest BCUT2D eigenvalue weighted by Gasteiger charge is -2.39. The van der Waals surface area contributed by atoms with Crippen LogP contribution in [-0.4, -0.2) is 27.9 Å². The fourth-order valence-corrected chi connectivity index (χ4v) is 2.88. The number of methoxy groups -OCH3 is 1. The second-order valence-corrected chi connectivity index (χ2v) is 5.45. The Balaban J connectivity index is 1.77. The Morgan fingerprint density at radius 2 is 2.41 bits per heavy atom. The fourth-order valence-electron chi connectivity index (χ4n) is 2.22. The van der Waals surface area contributed by atoms with Gasteiger partial charge in [0.2, 0.25) is 0 Å². The molecule has 0 spiro atoms. The largest absolute Gasteiger partial charge is 0.378 e. The molecule has 17 heavy (non-hydrogen) atoms. The fraction of sp³-hybridized carbons (Fsp3) is 0.500.